The van der Waals surface area contributed by atoms with Gasteiger partial charge in [-0.3, -0.25) is 0 Å². The Hall–Kier alpha value is -0.260. The Bertz CT molecular complexity index is 188. The molecule has 2 bridgehead atoms. The summed E-state index contributed by atoms with van der Waals surface area (Å²) in [7, 11) is 0. The van der Waals surface area contributed by atoms with Gasteiger partial charge in [0.15, 0.2) is 0 Å². The van der Waals surface area contributed by atoms with Crippen LogP contribution in [0, 0.1) is 16.7 Å². The van der Waals surface area contributed by atoms with Crippen molar-refractivity contribution >= 4 is 0 Å². The highest BCUT2D eigenvalue weighted by Crippen LogP contribution is 2.61. The zero-order chi connectivity index (χ0) is 7.41. The van der Waals surface area contributed by atoms with Gasteiger partial charge in [0.05, 0.1) is 0 Å². The topological polar surface area (TPSA) is 0 Å². The fraction of sp³-hybridized carbons (Fsp3) is 0.800. The van der Waals surface area contributed by atoms with E-state index < -0.39 is 0 Å². The Morgan fingerprint density at radius 1 is 1.30 bits per heavy atom. The molecular formula is C10H16. The first-order valence-electron chi connectivity index (χ1n) is 4.26. The van der Waals surface area contributed by atoms with E-state index in [0.29, 0.717) is 10.8 Å². The van der Waals surface area contributed by atoms with Gasteiger partial charge in [-0.1, -0.05) is 32.9 Å². The number of rotatable bonds is 0. The SMILES string of the molecule is CC1(C)C2C=C[C@]1(C)CC2. The number of hydrogen-bond donors (Lipinski definition) is 0. The van der Waals surface area contributed by atoms with E-state index in [-0.39, 0.29) is 0 Å². The van der Waals surface area contributed by atoms with Crippen molar-refractivity contribution in [1.82, 2.24) is 0 Å². The maximum atomic E-state index is 2.43. The van der Waals surface area contributed by atoms with Crippen molar-refractivity contribution in [2.75, 3.05) is 0 Å². The number of allylic oxidation sites excluding steroid dienone is 2. The second-order valence-electron chi connectivity index (χ2n) is 4.64. The molecule has 10 heavy (non-hydrogen) atoms. The summed E-state index contributed by atoms with van der Waals surface area (Å²) in [4.78, 5) is 0. The van der Waals surface area contributed by atoms with E-state index in [4.69, 9.17) is 0 Å². The molecule has 0 radical (unpaired) electrons. The molecular weight excluding hydrogens is 120 g/mol. The molecule has 2 aliphatic carbocycles. The van der Waals surface area contributed by atoms with Gasteiger partial charge in [-0.25, -0.2) is 0 Å². The van der Waals surface area contributed by atoms with Gasteiger partial charge in [-0.05, 0) is 29.6 Å². The minimum absolute atomic E-state index is 0.525. The largest absolute Gasteiger partial charge is 0.0843 e. The van der Waals surface area contributed by atoms with E-state index in [1.54, 1.807) is 0 Å². The normalized spacial score (nSPS) is 48.5. The molecule has 0 heterocycles. The van der Waals surface area contributed by atoms with Crippen molar-refractivity contribution in [2.24, 2.45) is 16.7 Å². The molecule has 1 saturated carbocycles. The zero-order valence-corrected chi connectivity index (χ0v) is 7.15. The predicted molar refractivity (Wildman–Crippen MR) is 43.8 cm³/mol. The molecule has 0 aromatic heterocycles. The van der Waals surface area contributed by atoms with Crippen LogP contribution in [0.3, 0.4) is 0 Å². The van der Waals surface area contributed by atoms with Crippen molar-refractivity contribution in [2.45, 2.75) is 33.6 Å². The maximum Gasteiger partial charge on any atom is -0.00895 e. The van der Waals surface area contributed by atoms with Crippen LogP contribution in [0.2, 0.25) is 0 Å². The standard InChI is InChI=1S/C10H16/c1-9(2)8-4-6-10(9,3)7-5-8/h4,6,8H,5,7H2,1-3H3/t8?,10-/m1/s1. The van der Waals surface area contributed by atoms with Crippen LogP contribution in [-0.4, -0.2) is 0 Å². The average molecular weight is 136 g/mol. The predicted octanol–water partition coefficient (Wildman–Crippen LogP) is 3.00. The van der Waals surface area contributed by atoms with Gasteiger partial charge in [0.1, 0.15) is 0 Å². The monoisotopic (exact) mass is 136 g/mol. The van der Waals surface area contributed by atoms with Crippen molar-refractivity contribution in [3.63, 3.8) is 0 Å². The van der Waals surface area contributed by atoms with Gasteiger partial charge in [0.25, 0.3) is 0 Å². The number of fused-ring (bicyclic) bond motifs is 2. The van der Waals surface area contributed by atoms with Gasteiger partial charge in [-0.2, -0.15) is 0 Å². The second kappa shape index (κ2) is 1.49. The van der Waals surface area contributed by atoms with Gasteiger partial charge in [-0.15, -0.1) is 0 Å². The molecule has 0 amide bonds. The smallest absolute Gasteiger partial charge is 0.00895 e. The summed E-state index contributed by atoms with van der Waals surface area (Å²) in [6, 6.07) is 0. The molecule has 1 unspecified atom stereocenters. The molecule has 0 aromatic carbocycles. The first-order chi connectivity index (χ1) is 4.56. The van der Waals surface area contributed by atoms with Crippen LogP contribution in [0.1, 0.15) is 33.6 Å². The van der Waals surface area contributed by atoms with Gasteiger partial charge in [0, 0.05) is 0 Å². The van der Waals surface area contributed by atoms with Gasteiger partial charge >= 0.3 is 0 Å². The van der Waals surface area contributed by atoms with Crippen LogP contribution in [0.15, 0.2) is 12.2 Å². The summed E-state index contributed by atoms with van der Waals surface area (Å²) < 4.78 is 0. The maximum absolute atomic E-state index is 2.43. The molecule has 2 rings (SSSR count). The molecule has 0 spiro atoms. The van der Waals surface area contributed by atoms with Crippen LogP contribution < -0.4 is 0 Å². The van der Waals surface area contributed by atoms with E-state index in [1.165, 1.54) is 12.8 Å². The molecule has 56 valence electrons. The van der Waals surface area contributed by atoms with Crippen LogP contribution in [0.25, 0.3) is 0 Å². The third-order valence-electron chi connectivity index (χ3n) is 4.07. The molecule has 1 fully saturated rings. The van der Waals surface area contributed by atoms with Crippen LogP contribution in [0.5, 0.6) is 0 Å². The molecule has 2 atom stereocenters. The zero-order valence-electron chi connectivity index (χ0n) is 7.15. The first-order valence-corrected chi connectivity index (χ1v) is 4.26. The van der Waals surface area contributed by atoms with E-state index in [9.17, 15) is 0 Å². The summed E-state index contributed by atoms with van der Waals surface area (Å²) in [6.45, 7) is 7.21. The highest BCUT2D eigenvalue weighted by Gasteiger charge is 2.52. The Morgan fingerprint density at radius 2 is 2.00 bits per heavy atom. The average Bonchev–Trinajstić information content (AvgIpc) is 2.18. The Balaban J connectivity index is 2.45. The van der Waals surface area contributed by atoms with Gasteiger partial charge in [0.2, 0.25) is 0 Å². The van der Waals surface area contributed by atoms with Crippen molar-refractivity contribution in [3.8, 4) is 0 Å². The molecule has 0 aliphatic heterocycles. The summed E-state index contributed by atoms with van der Waals surface area (Å²) in [5, 5.41) is 0. The lowest BCUT2D eigenvalue weighted by atomic mass is 9.71. The third kappa shape index (κ3) is 0.492. The summed E-state index contributed by atoms with van der Waals surface area (Å²) in [5.74, 6) is 0.873. The van der Waals surface area contributed by atoms with Gasteiger partial charge < -0.3 is 0 Å². The molecule has 0 heteroatoms. The Labute approximate surface area is 63.3 Å². The lowest BCUT2D eigenvalue weighted by Crippen LogP contribution is -2.27. The van der Waals surface area contributed by atoms with Crippen molar-refractivity contribution in [1.29, 1.82) is 0 Å². The van der Waals surface area contributed by atoms with E-state index >= 15 is 0 Å². The summed E-state index contributed by atoms with van der Waals surface area (Å²) >= 11 is 0. The Morgan fingerprint density at radius 3 is 2.10 bits per heavy atom. The molecule has 2 aliphatic rings. The minimum Gasteiger partial charge on any atom is -0.0843 e. The second-order valence-corrected chi connectivity index (χ2v) is 4.64. The molecule has 0 aromatic rings. The lowest BCUT2D eigenvalue weighted by molar-refractivity contribution is 0.182. The summed E-state index contributed by atoms with van der Waals surface area (Å²) in [5.41, 5.74) is 1.07. The van der Waals surface area contributed by atoms with Crippen LogP contribution in [0.4, 0.5) is 0 Å². The van der Waals surface area contributed by atoms with Crippen molar-refractivity contribution in [3.05, 3.63) is 12.2 Å². The highest BCUT2D eigenvalue weighted by atomic mass is 14.6. The molecule has 0 N–H and O–H groups in total. The molecule has 0 nitrogen and oxygen atoms in total. The highest BCUT2D eigenvalue weighted by molar-refractivity contribution is 5.22. The molecule has 0 saturated heterocycles. The quantitative estimate of drug-likeness (QED) is 0.449. The fourth-order valence-electron chi connectivity index (χ4n) is 2.53. The fourth-order valence-corrected chi connectivity index (χ4v) is 2.53. The Kier molecular flexibility index (Phi) is 0.962. The van der Waals surface area contributed by atoms with E-state index in [2.05, 4.69) is 32.9 Å². The lowest BCUT2D eigenvalue weighted by Gasteiger charge is -2.33. The number of hydrogen-bond acceptors (Lipinski definition) is 0. The van der Waals surface area contributed by atoms with Crippen molar-refractivity contribution < 1.29 is 0 Å². The summed E-state index contributed by atoms with van der Waals surface area (Å²) in [6.07, 6.45) is 7.67. The van der Waals surface area contributed by atoms with Crippen LogP contribution in [-0.2, 0) is 0 Å². The van der Waals surface area contributed by atoms with Crippen LogP contribution >= 0.6 is 0 Å². The third-order valence-corrected chi connectivity index (χ3v) is 4.07. The minimum atomic E-state index is 0.525. The first kappa shape index (κ1) is 6.45. The van der Waals surface area contributed by atoms with E-state index in [1.807, 2.05) is 0 Å². The van der Waals surface area contributed by atoms with E-state index in [0.717, 1.165) is 5.92 Å².